The van der Waals surface area contributed by atoms with Crippen molar-refractivity contribution in [3.63, 3.8) is 0 Å². The molecule has 3 rings (SSSR count). The molecule has 1 fully saturated rings. The van der Waals surface area contributed by atoms with Gasteiger partial charge in [-0.3, -0.25) is 0 Å². The van der Waals surface area contributed by atoms with E-state index in [0.717, 1.165) is 12.2 Å². The smallest absolute Gasteiger partial charge is 0.123 e. The molecule has 1 atom stereocenters. The summed E-state index contributed by atoms with van der Waals surface area (Å²) in [6.07, 6.45) is 7.52. The van der Waals surface area contributed by atoms with Crippen LogP contribution in [-0.4, -0.2) is 5.60 Å². The van der Waals surface area contributed by atoms with Crippen molar-refractivity contribution in [1.82, 2.24) is 0 Å². The first-order valence-electron chi connectivity index (χ1n) is 6.76. The van der Waals surface area contributed by atoms with Crippen molar-refractivity contribution in [1.29, 1.82) is 0 Å². The number of ether oxygens (including phenoxy) is 1. The molecule has 1 aliphatic carbocycles. The minimum absolute atomic E-state index is 0.114. The topological polar surface area (TPSA) is 35.2 Å². The molecule has 2 N–H and O–H groups in total. The maximum Gasteiger partial charge on any atom is 0.123 e. The molecule has 0 bridgehead atoms. The van der Waals surface area contributed by atoms with Crippen LogP contribution in [0, 0.1) is 0 Å². The third kappa shape index (κ3) is 1.95. The second-order valence-corrected chi connectivity index (χ2v) is 5.68. The number of benzene rings is 1. The zero-order valence-electron chi connectivity index (χ0n) is 10.5. The Labute approximate surface area is 103 Å². The molecule has 0 saturated heterocycles. The molecule has 1 aliphatic heterocycles. The van der Waals surface area contributed by atoms with Crippen LogP contribution >= 0.6 is 0 Å². The molecular weight excluding hydrogens is 210 g/mol. The number of nitrogens with two attached hydrogens (primary N) is 1. The Morgan fingerprint density at radius 2 is 2.00 bits per heavy atom. The van der Waals surface area contributed by atoms with Crippen molar-refractivity contribution < 1.29 is 4.74 Å². The third-order valence-corrected chi connectivity index (χ3v) is 4.21. The van der Waals surface area contributed by atoms with E-state index in [1.807, 2.05) is 6.92 Å². The average molecular weight is 231 g/mol. The molecule has 1 aromatic carbocycles. The van der Waals surface area contributed by atoms with E-state index in [1.54, 1.807) is 0 Å². The first kappa shape index (κ1) is 11.1. The van der Waals surface area contributed by atoms with E-state index >= 15 is 0 Å². The molecule has 1 spiro atoms. The largest absolute Gasteiger partial charge is 0.487 e. The fourth-order valence-corrected chi connectivity index (χ4v) is 3.21. The zero-order chi connectivity index (χ0) is 11.9. The minimum atomic E-state index is 0.114. The molecule has 1 unspecified atom stereocenters. The Bertz CT molecular complexity index is 419. The fraction of sp³-hybridized carbons (Fsp3) is 0.600. The van der Waals surface area contributed by atoms with E-state index in [-0.39, 0.29) is 11.6 Å². The van der Waals surface area contributed by atoms with E-state index in [1.165, 1.54) is 43.2 Å². The molecule has 0 radical (unpaired) electrons. The lowest BCUT2D eigenvalue weighted by molar-refractivity contribution is 0.0529. The van der Waals surface area contributed by atoms with Crippen LogP contribution in [0.2, 0.25) is 0 Å². The van der Waals surface area contributed by atoms with E-state index in [9.17, 15) is 0 Å². The highest BCUT2D eigenvalue weighted by atomic mass is 16.5. The van der Waals surface area contributed by atoms with Gasteiger partial charge in [-0.15, -0.1) is 0 Å². The van der Waals surface area contributed by atoms with Gasteiger partial charge in [-0.2, -0.15) is 0 Å². The summed E-state index contributed by atoms with van der Waals surface area (Å²) in [6, 6.07) is 6.56. The molecule has 2 aliphatic rings. The maximum atomic E-state index is 6.23. The second-order valence-electron chi connectivity index (χ2n) is 5.68. The molecule has 0 amide bonds. The summed E-state index contributed by atoms with van der Waals surface area (Å²) in [5, 5.41) is 0. The molecule has 2 nitrogen and oxygen atoms in total. The van der Waals surface area contributed by atoms with E-state index < -0.39 is 0 Å². The van der Waals surface area contributed by atoms with E-state index in [0.29, 0.717) is 0 Å². The fourth-order valence-electron chi connectivity index (χ4n) is 3.21. The van der Waals surface area contributed by atoms with Crippen LogP contribution in [0.25, 0.3) is 0 Å². The Hall–Kier alpha value is -1.02. The lowest BCUT2D eigenvalue weighted by atomic mass is 9.82. The Balaban J connectivity index is 1.87. The number of rotatable bonds is 1. The van der Waals surface area contributed by atoms with Gasteiger partial charge in [-0.25, -0.2) is 0 Å². The quantitative estimate of drug-likeness (QED) is 0.804. The first-order valence-corrected chi connectivity index (χ1v) is 6.76. The predicted octanol–water partition coefficient (Wildman–Crippen LogP) is 3.34. The summed E-state index contributed by atoms with van der Waals surface area (Å²) in [5.41, 5.74) is 8.64. The Morgan fingerprint density at radius 3 is 2.71 bits per heavy atom. The number of fused-ring (bicyclic) bond motifs is 1. The highest BCUT2D eigenvalue weighted by Gasteiger charge is 2.40. The summed E-state index contributed by atoms with van der Waals surface area (Å²) in [4.78, 5) is 0. The lowest BCUT2D eigenvalue weighted by Gasteiger charge is -2.32. The summed E-state index contributed by atoms with van der Waals surface area (Å²) in [6.45, 7) is 2.04. The van der Waals surface area contributed by atoms with Crippen LogP contribution in [0.1, 0.15) is 56.2 Å². The number of hydrogen-bond donors (Lipinski definition) is 1. The van der Waals surface area contributed by atoms with Crippen molar-refractivity contribution >= 4 is 0 Å². The molecule has 1 heterocycles. The Morgan fingerprint density at radius 1 is 1.24 bits per heavy atom. The van der Waals surface area contributed by atoms with Crippen molar-refractivity contribution in [3.8, 4) is 5.75 Å². The molecule has 92 valence electrons. The lowest BCUT2D eigenvalue weighted by Crippen LogP contribution is -2.36. The van der Waals surface area contributed by atoms with Gasteiger partial charge in [0.1, 0.15) is 11.4 Å². The van der Waals surface area contributed by atoms with Gasteiger partial charge in [0.15, 0.2) is 0 Å². The average Bonchev–Trinajstić information content (AvgIpc) is 2.66. The van der Waals surface area contributed by atoms with Gasteiger partial charge in [0.05, 0.1) is 0 Å². The van der Waals surface area contributed by atoms with Gasteiger partial charge in [-0.1, -0.05) is 18.6 Å². The Kier molecular flexibility index (Phi) is 2.62. The molecular formula is C15H21NO. The van der Waals surface area contributed by atoms with Crippen LogP contribution < -0.4 is 10.5 Å². The van der Waals surface area contributed by atoms with Gasteiger partial charge < -0.3 is 10.5 Å². The summed E-state index contributed by atoms with van der Waals surface area (Å²) in [7, 11) is 0. The predicted molar refractivity (Wildman–Crippen MR) is 69.2 cm³/mol. The molecule has 1 aromatic rings. The van der Waals surface area contributed by atoms with E-state index in [2.05, 4.69) is 18.2 Å². The first-order chi connectivity index (χ1) is 8.19. The van der Waals surface area contributed by atoms with E-state index in [4.69, 9.17) is 10.5 Å². The summed E-state index contributed by atoms with van der Waals surface area (Å²) >= 11 is 0. The summed E-state index contributed by atoms with van der Waals surface area (Å²) in [5.74, 6) is 1.09. The van der Waals surface area contributed by atoms with Gasteiger partial charge >= 0.3 is 0 Å². The maximum absolute atomic E-state index is 6.23. The third-order valence-electron chi connectivity index (χ3n) is 4.21. The highest BCUT2D eigenvalue weighted by molar-refractivity contribution is 5.43. The molecule has 0 aromatic heterocycles. The van der Waals surface area contributed by atoms with Crippen molar-refractivity contribution in [2.45, 2.75) is 57.1 Å². The van der Waals surface area contributed by atoms with Crippen LogP contribution in [0.15, 0.2) is 18.2 Å². The minimum Gasteiger partial charge on any atom is -0.487 e. The summed E-state index contributed by atoms with van der Waals surface area (Å²) < 4.78 is 6.23. The van der Waals surface area contributed by atoms with Crippen molar-refractivity contribution in [2.75, 3.05) is 0 Å². The van der Waals surface area contributed by atoms with Gasteiger partial charge in [0.25, 0.3) is 0 Å². The highest BCUT2D eigenvalue weighted by Crippen LogP contribution is 2.43. The molecule has 2 heteroatoms. The molecule has 1 saturated carbocycles. The van der Waals surface area contributed by atoms with Crippen LogP contribution in [0.3, 0.4) is 0 Å². The van der Waals surface area contributed by atoms with Crippen LogP contribution in [0.4, 0.5) is 0 Å². The normalized spacial score (nSPS) is 23.2. The van der Waals surface area contributed by atoms with Crippen molar-refractivity contribution in [2.24, 2.45) is 5.73 Å². The van der Waals surface area contributed by atoms with Gasteiger partial charge in [-0.05, 0) is 49.8 Å². The van der Waals surface area contributed by atoms with Gasteiger partial charge in [0, 0.05) is 12.5 Å². The number of hydrogen-bond acceptors (Lipinski definition) is 2. The monoisotopic (exact) mass is 231 g/mol. The standard InChI is InChI=1S/C15H21NO/c1-11(16)12-5-6-14-13(9-12)10-15(17-14)7-3-2-4-8-15/h5-6,9,11H,2-4,7-8,10,16H2,1H3. The SMILES string of the molecule is CC(N)c1ccc2c(c1)CC1(CCCCC1)O2. The van der Waals surface area contributed by atoms with Gasteiger partial charge in [0.2, 0.25) is 0 Å². The van der Waals surface area contributed by atoms with Crippen molar-refractivity contribution in [3.05, 3.63) is 29.3 Å². The van der Waals surface area contributed by atoms with Crippen LogP contribution in [-0.2, 0) is 6.42 Å². The second kappa shape index (κ2) is 4.02. The van der Waals surface area contributed by atoms with Crippen LogP contribution in [0.5, 0.6) is 5.75 Å². The molecule has 17 heavy (non-hydrogen) atoms. The zero-order valence-corrected chi connectivity index (χ0v) is 10.5.